The van der Waals surface area contributed by atoms with Gasteiger partial charge in [0, 0.05) is 30.8 Å². The molecule has 10 nitrogen and oxygen atoms in total. The standard InChI is InChI=1S/C31H31F5N4O6/c1-17-14-20(28(41)43-3)11-13-38(17)29(42)39-12-5-8-23-26(30(32,33)34)37-40(27(23)39)21-6-4-7-22(16-21)44-18(2)19-9-10-24-25(15-19)46-31(35,36)45-24/h4,6-7,9-10,15-18,20H,5,8,11-14H2,1-3H3/t17-,18?,20?/m0/s1. The average molecular weight is 651 g/mol. The maximum atomic E-state index is 14.3. The molecule has 1 aromatic heterocycles. The second-order valence-corrected chi connectivity index (χ2v) is 11.5. The predicted molar refractivity (Wildman–Crippen MR) is 152 cm³/mol. The molecule has 0 aliphatic carbocycles. The number of alkyl halides is 5. The van der Waals surface area contributed by atoms with Crippen LogP contribution in [0.3, 0.4) is 0 Å². The number of ether oxygens (including phenoxy) is 4. The lowest BCUT2D eigenvalue weighted by Gasteiger charge is -2.40. The molecule has 1 saturated heterocycles. The number of halogens is 5. The molecule has 0 saturated carbocycles. The molecule has 46 heavy (non-hydrogen) atoms. The first-order valence-electron chi connectivity index (χ1n) is 14.8. The van der Waals surface area contributed by atoms with Gasteiger partial charge in [0.15, 0.2) is 17.2 Å². The van der Waals surface area contributed by atoms with Gasteiger partial charge in [-0.2, -0.15) is 18.3 Å². The van der Waals surface area contributed by atoms with Crippen molar-refractivity contribution in [3.05, 3.63) is 59.3 Å². The van der Waals surface area contributed by atoms with Gasteiger partial charge in [0.2, 0.25) is 0 Å². The number of rotatable bonds is 5. The summed E-state index contributed by atoms with van der Waals surface area (Å²) in [7, 11) is 1.31. The zero-order valence-corrected chi connectivity index (χ0v) is 25.1. The number of carbonyl (C=O) groups excluding carboxylic acids is 2. The minimum Gasteiger partial charge on any atom is -0.486 e. The molecule has 1 fully saturated rings. The molecule has 0 N–H and O–H groups in total. The minimum absolute atomic E-state index is 0.0211. The van der Waals surface area contributed by atoms with Crippen molar-refractivity contribution < 1.29 is 50.5 Å². The summed E-state index contributed by atoms with van der Waals surface area (Å²) >= 11 is 0. The molecule has 3 aliphatic heterocycles. The number of hydrogen-bond acceptors (Lipinski definition) is 7. The van der Waals surface area contributed by atoms with Crippen molar-refractivity contribution in [2.45, 2.75) is 64.1 Å². The molecule has 4 heterocycles. The number of esters is 1. The maximum absolute atomic E-state index is 14.3. The Labute approximate surface area is 260 Å². The first-order chi connectivity index (χ1) is 21.8. The summed E-state index contributed by atoms with van der Waals surface area (Å²) in [5.41, 5.74) is -0.447. The number of piperidine rings is 1. The Hall–Kier alpha value is -4.56. The van der Waals surface area contributed by atoms with Crippen molar-refractivity contribution in [3.8, 4) is 22.9 Å². The molecule has 2 amide bonds. The van der Waals surface area contributed by atoms with Gasteiger partial charge in [-0.1, -0.05) is 12.1 Å². The molecule has 3 atom stereocenters. The quantitative estimate of drug-likeness (QED) is 0.230. The van der Waals surface area contributed by atoms with E-state index >= 15 is 0 Å². The van der Waals surface area contributed by atoms with Crippen molar-refractivity contribution in [1.29, 1.82) is 0 Å². The van der Waals surface area contributed by atoms with Crippen molar-refractivity contribution >= 4 is 17.8 Å². The number of aromatic nitrogens is 2. The van der Waals surface area contributed by atoms with E-state index in [-0.39, 0.29) is 71.8 Å². The van der Waals surface area contributed by atoms with Gasteiger partial charge in [-0.25, -0.2) is 9.48 Å². The van der Waals surface area contributed by atoms with Crippen LogP contribution in [-0.2, 0) is 22.1 Å². The van der Waals surface area contributed by atoms with Crippen molar-refractivity contribution in [1.82, 2.24) is 14.7 Å². The van der Waals surface area contributed by atoms with Crippen molar-refractivity contribution in [2.24, 2.45) is 5.92 Å². The third-order valence-corrected chi connectivity index (χ3v) is 8.45. The van der Waals surface area contributed by atoms with E-state index in [4.69, 9.17) is 9.47 Å². The van der Waals surface area contributed by atoms with Gasteiger partial charge in [-0.15, -0.1) is 8.78 Å². The smallest absolute Gasteiger partial charge is 0.486 e. The largest absolute Gasteiger partial charge is 0.586 e. The molecule has 2 unspecified atom stereocenters. The number of benzene rings is 2. The van der Waals surface area contributed by atoms with E-state index in [0.717, 1.165) is 4.68 Å². The molecule has 6 rings (SSSR count). The number of amides is 2. The molecule has 15 heteroatoms. The lowest BCUT2D eigenvalue weighted by Crippen LogP contribution is -2.53. The van der Waals surface area contributed by atoms with E-state index in [0.29, 0.717) is 24.8 Å². The van der Waals surface area contributed by atoms with E-state index in [1.165, 1.54) is 36.3 Å². The number of nitrogens with zero attached hydrogens (tertiary/aromatic N) is 4. The summed E-state index contributed by atoms with van der Waals surface area (Å²) in [6.07, 6.45) is -8.10. The van der Waals surface area contributed by atoms with Gasteiger partial charge < -0.3 is 23.8 Å². The van der Waals surface area contributed by atoms with Crippen LogP contribution in [0.5, 0.6) is 17.2 Å². The maximum Gasteiger partial charge on any atom is 0.586 e. The summed E-state index contributed by atoms with van der Waals surface area (Å²) in [5.74, 6) is -0.710. The van der Waals surface area contributed by atoms with Crippen LogP contribution in [-0.4, -0.2) is 59.2 Å². The number of likely N-dealkylation sites (tertiary alicyclic amines) is 1. The van der Waals surface area contributed by atoms with Crippen LogP contribution in [0.4, 0.5) is 32.6 Å². The predicted octanol–water partition coefficient (Wildman–Crippen LogP) is 6.50. The Balaban J connectivity index is 1.30. The van der Waals surface area contributed by atoms with Gasteiger partial charge in [0.1, 0.15) is 17.7 Å². The summed E-state index contributed by atoms with van der Waals surface area (Å²) < 4.78 is 90.7. The van der Waals surface area contributed by atoms with Crippen LogP contribution in [0.2, 0.25) is 0 Å². The molecular formula is C31H31F5N4O6. The van der Waals surface area contributed by atoms with E-state index in [2.05, 4.69) is 14.6 Å². The van der Waals surface area contributed by atoms with E-state index in [1.54, 1.807) is 36.9 Å². The fraction of sp³-hybridized carbons (Fsp3) is 0.452. The average Bonchev–Trinajstić information content (AvgIpc) is 3.56. The normalized spacial score (nSPS) is 21.0. The molecule has 3 aliphatic rings. The highest BCUT2D eigenvalue weighted by Gasteiger charge is 2.45. The summed E-state index contributed by atoms with van der Waals surface area (Å²) in [5, 5.41) is 3.97. The zero-order valence-electron chi connectivity index (χ0n) is 25.1. The molecule has 246 valence electrons. The van der Waals surface area contributed by atoms with Crippen LogP contribution in [0.15, 0.2) is 42.5 Å². The zero-order chi connectivity index (χ0) is 33.0. The monoisotopic (exact) mass is 650 g/mol. The van der Waals surface area contributed by atoms with Crippen molar-refractivity contribution in [2.75, 3.05) is 25.1 Å². The highest BCUT2D eigenvalue weighted by Crippen LogP contribution is 2.43. The lowest BCUT2D eigenvalue weighted by atomic mass is 9.92. The fourth-order valence-corrected chi connectivity index (χ4v) is 6.23. The number of urea groups is 1. The van der Waals surface area contributed by atoms with Crippen LogP contribution >= 0.6 is 0 Å². The van der Waals surface area contributed by atoms with Crippen LogP contribution in [0, 0.1) is 5.92 Å². The van der Waals surface area contributed by atoms with Gasteiger partial charge in [0.05, 0.1) is 18.7 Å². The first kappa shape index (κ1) is 31.4. The van der Waals surface area contributed by atoms with Crippen molar-refractivity contribution in [3.63, 3.8) is 0 Å². The topological polar surface area (TPSA) is 95.4 Å². The van der Waals surface area contributed by atoms with Gasteiger partial charge in [-0.05, 0) is 69.4 Å². The Morgan fingerprint density at radius 3 is 2.57 bits per heavy atom. The lowest BCUT2D eigenvalue weighted by molar-refractivity contribution is -0.286. The third-order valence-electron chi connectivity index (χ3n) is 8.45. The second kappa shape index (κ2) is 11.7. The third kappa shape index (κ3) is 5.89. The highest BCUT2D eigenvalue weighted by atomic mass is 19.4. The SMILES string of the molecule is COC(=O)C1CCN(C(=O)N2CCCc3c(C(F)(F)F)nn(-c4cccc(OC(C)c5ccc6c(c5)OC(F)(F)O6)c4)c32)[C@@H](C)C1. The molecule has 0 radical (unpaired) electrons. The molecular weight excluding hydrogens is 619 g/mol. The van der Waals surface area contributed by atoms with Gasteiger partial charge in [-0.3, -0.25) is 9.69 Å². The highest BCUT2D eigenvalue weighted by molar-refractivity contribution is 5.93. The summed E-state index contributed by atoms with van der Waals surface area (Å²) in [4.78, 5) is 28.9. The number of anilines is 1. The molecule has 2 aromatic carbocycles. The summed E-state index contributed by atoms with van der Waals surface area (Å²) in [6.45, 7) is 3.88. The van der Waals surface area contributed by atoms with E-state index in [9.17, 15) is 31.5 Å². The fourth-order valence-electron chi connectivity index (χ4n) is 6.23. The Bertz CT molecular complexity index is 1660. The van der Waals surface area contributed by atoms with Crippen LogP contribution in [0.25, 0.3) is 5.69 Å². The Kier molecular flexibility index (Phi) is 7.97. The molecule has 0 spiro atoms. The number of methoxy groups -OCH3 is 1. The first-order valence-corrected chi connectivity index (χ1v) is 14.8. The van der Waals surface area contributed by atoms with E-state index in [1.807, 2.05) is 0 Å². The minimum atomic E-state index is -4.77. The number of hydrogen-bond donors (Lipinski definition) is 0. The molecule has 3 aromatic rings. The molecule has 0 bridgehead atoms. The van der Waals surface area contributed by atoms with E-state index < -0.39 is 30.3 Å². The van der Waals surface area contributed by atoms with Gasteiger partial charge >= 0.3 is 24.5 Å². The van der Waals surface area contributed by atoms with Gasteiger partial charge in [0.25, 0.3) is 0 Å². The number of carbonyl (C=O) groups is 2. The van der Waals surface area contributed by atoms with Crippen LogP contribution < -0.4 is 19.1 Å². The summed E-state index contributed by atoms with van der Waals surface area (Å²) in [6, 6.07) is 9.63. The Morgan fingerprint density at radius 1 is 1.09 bits per heavy atom. The Morgan fingerprint density at radius 2 is 1.85 bits per heavy atom. The van der Waals surface area contributed by atoms with Crippen LogP contribution in [0.1, 0.15) is 56.0 Å². The number of fused-ring (bicyclic) bond motifs is 2. The second-order valence-electron chi connectivity index (χ2n) is 11.5.